The van der Waals surface area contributed by atoms with Gasteiger partial charge in [0.05, 0.1) is 29.3 Å². The smallest absolute Gasteiger partial charge is 0.316 e. The first-order chi connectivity index (χ1) is 17.0. The number of nitrogens with two attached hydrogens (primary N) is 2. The number of likely N-dealkylation sites (N-methyl/N-ethyl adjacent to an activating group) is 1. The first-order valence-electron chi connectivity index (χ1n) is 12.0. The van der Waals surface area contributed by atoms with Crippen LogP contribution in [0.25, 0.3) is 5.70 Å². The zero-order chi connectivity index (χ0) is 26.5. The quantitative estimate of drug-likeness (QED) is 0.286. The molecule has 2 unspecified atom stereocenters. The average molecular weight is 504 g/mol. The monoisotopic (exact) mass is 503 g/mol. The number of hydrogen-bond acceptors (Lipinski definition) is 9. The van der Waals surface area contributed by atoms with E-state index < -0.39 is 18.3 Å². The minimum absolute atomic E-state index is 0.0290. The van der Waals surface area contributed by atoms with Gasteiger partial charge >= 0.3 is 6.01 Å². The Hall–Kier alpha value is -3.18. The normalized spacial score (nSPS) is 19.4. The third kappa shape index (κ3) is 6.94. The molecule has 3 rings (SSSR count). The molecule has 1 fully saturated rings. The van der Waals surface area contributed by atoms with E-state index in [1.807, 2.05) is 6.07 Å². The molecule has 4 N–H and O–H groups in total. The van der Waals surface area contributed by atoms with E-state index in [1.54, 1.807) is 37.2 Å². The van der Waals surface area contributed by atoms with Crippen molar-refractivity contribution < 1.29 is 18.3 Å². The Kier molecular flexibility index (Phi) is 8.91. The number of carbonyl (C=O) groups excluding carboxylic acids is 1. The topological polar surface area (TPSA) is 123 Å². The SMILES string of the molecule is CCC(C)c1ccnc(OC/C(=C(/N)c2ccc(CN3CC(C=O)CC(F)(F)C3)c(C)n2)N(C)N)n1. The van der Waals surface area contributed by atoms with Gasteiger partial charge in [-0.1, -0.05) is 19.9 Å². The van der Waals surface area contributed by atoms with Crippen LogP contribution in [-0.4, -0.2) is 63.8 Å². The summed E-state index contributed by atoms with van der Waals surface area (Å²) in [6, 6.07) is 5.62. The van der Waals surface area contributed by atoms with Crippen molar-refractivity contribution in [2.75, 3.05) is 26.7 Å². The van der Waals surface area contributed by atoms with Gasteiger partial charge < -0.3 is 20.3 Å². The van der Waals surface area contributed by atoms with E-state index in [9.17, 15) is 13.6 Å². The largest absolute Gasteiger partial charge is 0.457 e. The maximum absolute atomic E-state index is 14.0. The molecule has 1 aliphatic heterocycles. The third-order valence-electron chi connectivity index (χ3n) is 6.41. The molecule has 0 saturated carbocycles. The molecule has 0 bridgehead atoms. The van der Waals surface area contributed by atoms with Crippen LogP contribution in [0.4, 0.5) is 8.78 Å². The molecule has 36 heavy (non-hydrogen) atoms. The number of aldehydes is 1. The summed E-state index contributed by atoms with van der Waals surface area (Å²) in [5, 5.41) is 1.36. The highest BCUT2D eigenvalue weighted by Crippen LogP contribution is 2.30. The molecule has 2 atom stereocenters. The molecule has 2 aromatic rings. The second kappa shape index (κ2) is 11.7. The predicted molar refractivity (Wildman–Crippen MR) is 133 cm³/mol. The van der Waals surface area contributed by atoms with Crippen LogP contribution in [0.1, 0.15) is 55.3 Å². The maximum Gasteiger partial charge on any atom is 0.316 e. The molecule has 2 aromatic heterocycles. The van der Waals surface area contributed by atoms with E-state index in [-0.39, 0.29) is 31.6 Å². The minimum Gasteiger partial charge on any atom is -0.457 e. The third-order valence-corrected chi connectivity index (χ3v) is 6.41. The number of rotatable bonds is 10. The van der Waals surface area contributed by atoms with Gasteiger partial charge in [0.2, 0.25) is 0 Å². The Balaban J connectivity index is 1.76. The summed E-state index contributed by atoms with van der Waals surface area (Å²) >= 11 is 0. The fourth-order valence-corrected chi connectivity index (χ4v) is 4.15. The number of likely N-dealkylation sites (tertiary alicyclic amines) is 1. The second-order valence-corrected chi connectivity index (χ2v) is 9.40. The number of alkyl halides is 2. The lowest BCUT2D eigenvalue weighted by atomic mass is 9.96. The van der Waals surface area contributed by atoms with Gasteiger partial charge in [-0.05, 0) is 37.0 Å². The van der Waals surface area contributed by atoms with Crippen LogP contribution >= 0.6 is 0 Å². The average Bonchev–Trinajstić information content (AvgIpc) is 2.83. The Morgan fingerprint density at radius 3 is 2.75 bits per heavy atom. The van der Waals surface area contributed by atoms with Gasteiger partial charge in [0.1, 0.15) is 12.9 Å². The minimum atomic E-state index is -2.89. The number of piperidine rings is 1. The molecule has 0 aliphatic carbocycles. The van der Waals surface area contributed by atoms with E-state index in [4.69, 9.17) is 16.3 Å². The fraction of sp³-hybridized carbons (Fsp3) is 0.520. The molecule has 1 aliphatic rings. The number of carbonyl (C=O) groups is 1. The Morgan fingerprint density at radius 1 is 1.36 bits per heavy atom. The highest BCUT2D eigenvalue weighted by molar-refractivity contribution is 5.63. The van der Waals surface area contributed by atoms with Crippen molar-refractivity contribution in [2.45, 2.75) is 52.0 Å². The molecule has 0 aromatic carbocycles. The summed E-state index contributed by atoms with van der Waals surface area (Å²) in [6.07, 6.45) is 2.80. The Labute approximate surface area is 210 Å². The lowest BCUT2D eigenvalue weighted by Crippen LogP contribution is -2.47. The van der Waals surface area contributed by atoms with Crippen molar-refractivity contribution in [3.8, 4) is 6.01 Å². The molecular formula is C25H35F2N7O2. The van der Waals surface area contributed by atoms with Gasteiger partial charge in [0.15, 0.2) is 0 Å². The number of ether oxygens (including phenoxy) is 1. The standard InChI is InChI=1S/C25H35F2N7O2/c1-5-16(2)20-8-9-30-24(32-20)36-14-22(33(4)29)23(28)21-7-6-19(17(3)31-21)12-34-11-18(13-35)10-25(26,27)15-34/h6-9,13,16,18H,5,10-12,14-15,28-29H2,1-4H3/b23-22-. The van der Waals surface area contributed by atoms with Gasteiger partial charge in [-0.3, -0.25) is 9.88 Å². The van der Waals surface area contributed by atoms with E-state index >= 15 is 0 Å². The van der Waals surface area contributed by atoms with Crippen LogP contribution in [0.2, 0.25) is 0 Å². The Morgan fingerprint density at radius 2 is 2.11 bits per heavy atom. The first-order valence-corrected chi connectivity index (χ1v) is 12.0. The van der Waals surface area contributed by atoms with Crippen LogP contribution in [0, 0.1) is 12.8 Å². The van der Waals surface area contributed by atoms with E-state index in [1.165, 1.54) is 5.01 Å². The van der Waals surface area contributed by atoms with Crippen LogP contribution in [0.5, 0.6) is 6.01 Å². The summed E-state index contributed by atoms with van der Waals surface area (Å²) in [7, 11) is 1.64. The number of hydrogen-bond donors (Lipinski definition) is 2. The van der Waals surface area contributed by atoms with Gasteiger partial charge in [-0.25, -0.2) is 19.6 Å². The van der Waals surface area contributed by atoms with E-state index in [2.05, 4.69) is 28.8 Å². The van der Waals surface area contributed by atoms with Crippen LogP contribution in [0.3, 0.4) is 0 Å². The van der Waals surface area contributed by atoms with Gasteiger partial charge in [0.25, 0.3) is 5.92 Å². The van der Waals surface area contributed by atoms with Gasteiger partial charge in [-0.15, -0.1) is 0 Å². The van der Waals surface area contributed by atoms with Crippen molar-refractivity contribution in [3.05, 3.63) is 52.7 Å². The van der Waals surface area contributed by atoms with Gasteiger partial charge in [-0.2, -0.15) is 4.98 Å². The van der Waals surface area contributed by atoms with E-state index in [0.29, 0.717) is 35.6 Å². The summed E-state index contributed by atoms with van der Waals surface area (Å²) < 4.78 is 33.8. The zero-order valence-corrected chi connectivity index (χ0v) is 21.2. The Bertz CT molecular complexity index is 1090. The summed E-state index contributed by atoms with van der Waals surface area (Å²) in [5.41, 5.74) is 10.0. The van der Waals surface area contributed by atoms with Crippen molar-refractivity contribution in [2.24, 2.45) is 17.5 Å². The number of nitrogens with zero attached hydrogens (tertiary/aromatic N) is 5. The lowest BCUT2D eigenvalue weighted by molar-refractivity contribution is -0.124. The molecule has 0 radical (unpaired) electrons. The summed E-state index contributed by atoms with van der Waals surface area (Å²) in [5.74, 6) is 2.72. The molecule has 0 spiro atoms. The molecule has 3 heterocycles. The molecule has 1 saturated heterocycles. The van der Waals surface area contributed by atoms with Crippen LogP contribution in [0.15, 0.2) is 30.1 Å². The van der Waals surface area contributed by atoms with E-state index in [0.717, 1.165) is 17.7 Å². The zero-order valence-electron chi connectivity index (χ0n) is 21.2. The summed E-state index contributed by atoms with van der Waals surface area (Å²) in [6.45, 7) is 6.16. The van der Waals surface area contributed by atoms with Crippen molar-refractivity contribution >= 4 is 12.0 Å². The van der Waals surface area contributed by atoms with Crippen molar-refractivity contribution in [1.29, 1.82) is 0 Å². The first kappa shape index (κ1) is 27.4. The number of halogens is 2. The van der Waals surface area contributed by atoms with Crippen LogP contribution < -0.4 is 16.3 Å². The summed E-state index contributed by atoms with van der Waals surface area (Å²) in [4.78, 5) is 25.9. The number of aryl methyl sites for hydroxylation is 1. The molecular weight excluding hydrogens is 468 g/mol. The van der Waals surface area contributed by atoms with Crippen molar-refractivity contribution in [1.82, 2.24) is 24.9 Å². The molecule has 9 nitrogen and oxygen atoms in total. The fourth-order valence-electron chi connectivity index (χ4n) is 4.15. The number of hydrazine groups is 1. The predicted octanol–water partition coefficient (Wildman–Crippen LogP) is 2.86. The van der Waals surface area contributed by atoms with Crippen molar-refractivity contribution in [3.63, 3.8) is 0 Å². The number of aromatic nitrogens is 3. The maximum atomic E-state index is 14.0. The highest BCUT2D eigenvalue weighted by Gasteiger charge is 2.40. The molecule has 0 amide bonds. The highest BCUT2D eigenvalue weighted by atomic mass is 19.3. The molecule has 11 heteroatoms. The lowest BCUT2D eigenvalue weighted by Gasteiger charge is -2.35. The second-order valence-electron chi connectivity index (χ2n) is 9.40. The van der Waals surface area contributed by atoms with Crippen LogP contribution in [-0.2, 0) is 11.3 Å². The van der Waals surface area contributed by atoms with Gasteiger partial charge in [0, 0.05) is 44.4 Å². The number of pyridine rings is 1. The molecule has 196 valence electrons.